The molecule has 1 saturated heterocycles. The molecule has 0 unspecified atom stereocenters. The van der Waals surface area contributed by atoms with Gasteiger partial charge in [-0.05, 0) is 44.2 Å². The van der Waals surface area contributed by atoms with Crippen LogP contribution in [0.4, 0.5) is 0 Å². The number of ether oxygens (including phenoxy) is 1. The minimum atomic E-state index is 0. The summed E-state index contributed by atoms with van der Waals surface area (Å²) in [6.45, 7) is 5.86. The molecule has 1 spiro atoms. The van der Waals surface area contributed by atoms with Crippen molar-refractivity contribution in [3.8, 4) is 0 Å². The van der Waals surface area contributed by atoms with Crippen LogP contribution in [0.2, 0.25) is 0 Å². The van der Waals surface area contributed by atoms with Crippen LogP contribution in [0.5, 0.6) is 0 Å². The lowest BCUT2D eigenvalue weighted by Crippen LogP contribution is -2.42. The fourth-order valence-corrected chi connectivity index (χ4v) is 3.43. The Kier molecular flexibility index (Phi) is 7.54. The van der Waals surface area contributed by atoms with E-state index in [0.717, 1.165) is 18.6 Å². The normalized spacial score (nSPS) is 23.8. The molecule has 0 aromatic carbocycles. The van der Waals surface area contributed by atoms with Crippen LogP contribution in [0.25, 0.3) is 0 Å². The van der Waals surface area contributed by atoms with Crippen molar-refractivity contribution in [2.24, 2.45) is 11.1 Å². The largest absolute Gasteiger partial charge is 0.379 e. The maximum atomic E-state index is 5.46. The number of hydrogen-bond donors (Lipinski definition) is 1. The van der Waals surface area contributed by atoms with Crippen molar-refractivity contribution in [3.05, 3.63) is 0 Å². The monoisotopic (exact) mass is 276 g/mol. The number of nitrogens with zero attached hydrogens (tertiary/aromatic N) is 1. The van der Waals surface area contributed by atoms with Gasteiger partial charge in [0.2, 0.25) is 0 Å². The van der Waals surface area contributed by atoms with Gasteiger partial charge in [0, 0.05) is 13.1 Å². The Bertz CT molecular complexity index is 210. The van der Waals surface area contributed by atoms with Crippen molar-refractivity contribution in [2.75, 3.05) is 39.4 Å². The lowest BCUT2D eigenvalue weighted by Gasteiger charge is -2.44. The van der Waals surface area contributed by atoms with Crippen LogP contribution >= 0.6 is 12.4 Å². The molecule has 0 atom stereocenters. The number of hydrogen-bond acceptors (Lipinski definition) is 3. The number of piperidine rings is 1. The first-order valence-electron chi connectivity index (χ1n) is 7.35. The number of likely N-dealkylation sites (tertiary alicyclic amines) is 1. The van der Waals surface area contributed by atoms with E-state index < -0.39 is 0 Å². The second-order valence-corrected chi connectivity index (χ2v) is 5.80. The highest BCUT2D eigenvalue weighted by atomic mass is 35.5. The zero-order chi connectivity index (χ0) is 12.0. The Balaban J connectivity index is 0.00000162. The fraction of sp³-hybridized carbons (Fsp3) is 1.00. The van der Waals surface area contributed by atoms with Crippen molar-refractivity contribution < 1.29 is 4.74 Å². The first-order chi connectivity index (χ1) is 8.35. The number of rotatable bonds is 5. The fourth-order valence-electron chi connectivity index (χ4n) is 3.43. The maximum Gasteiger partial charge on any atom is 0.0594 e. The molecule has 2 aliphatic rings. The SMILES string of the molecule is Cl.NCCOCCN1CCC2(CCCCC2)CC1. The standard InChI is InChI=1S/C14H28N2O.ClH/c15-8-12-17-13-11-16-9-6-14(7-10-16)4-2-1-3-5-14;/h1-13,15H2;1H. The summed E-state index contributed by atoms with van der Waals surface area (Å²) in [7, 11) is 0. The van der Waals surface area contributed by atoms with Crippen LogP contribution in [0, 0.1) is 5.41 Å². The number of nitrogens with two attached hydrogens (primary N) is 1. The molecule has 0 aromatic heterocycles. The Morgan fingerprint density at radius 3 is 2.22 bits per heavy atom. The van der Waals surface area contributed by atoms with Crippen LogP contribution < -0.4 is 5.73 Å². The smallest absolute Gasteiger partial charge is 0.0594 e. The van der Waals surface area contributed by atoms with Gasteiger partial charge in [0.25, 0.3) is 0 Å². The van der Waals surface area contributed by atoms with Crippen molar-refractivity contribution in [3.63, 3.8) is 0 Å². The summed E-state index contributed by atoms with van der Waals surface area (Å²) < 4.78 is 5.46. The molecule has 0 radical (unpaired) electrons. The molecular weight excluding hydrogens is 248 g/mol. The van der Waals surface area contributed by atoms with E-state index in [1.807, 2.05) is 0 Å². The third kappa shape index (κ3) is 4.69. The van der Waals surface area contributed by atoms with Gasteiger partial charge in [0.05, 0.1) is 13.2 Å². The van der Waals surface area contributed by atoms with Crippen molar-refractivity contribution >= 4 is 12.4 Å². The van der Waals surface area contributed by atoms with E-state index in [1.54, 1.807) is 0 Å². The summed E-state index contributed by atoms with van der Waals surface area (Å²) in [4.78, 5) is 2.57. The van der Waals surface area contributed by atoms with Gasteiger partial charge in [-0.3, -0.25) is 0 Å². The third-order valence-electron chi connectivity index (χ3n) is 4.64. The van der Waals surface area contributed by atoms with Crippen molar-refractivity contribution in [1.82, 2.24) is 4.90 Å². The highest BCUT2D eigenvalue weighted by Gasteiger charge is 2.35. The van der Waals surface area contributed by atoms with Crippen LogP contribution in [0.15, 0.2) is 0 Å². The zero-order valence-electron chi connectivity index (χ0n) is 11.5. The molecular formula is C14H29ClN2O. The third-order valence-corrected chi connectivity index (χ3v) is 4.64. The van der Waals surface area contributed by atoms with Crippen LogP contribution in [0.1, 0.15) is 44.9 Å². The Labute approximate surface area is 118 Å². The van der Waals surface area contributed by atoms with E-state index in [1.165, 1.54) is 58.0 Å². The Morgan fingerprint density at radius 2 is 1.61 bits per heavy atom. The molecule has 2 rings (SSSR count). The van der Waals surface area contributed by atoms with Gasteiger partial charge in [0.1, 0.15) is 0 Å². The first-order valence-corrected chi connectivity index (χ1v) is 7.35. The molecule has 1 aliphatic heterocycles. The van der Waals surface area contributed by atoms with Crippen LogP contribution in [-0.2, 0) is 4.74 Å². The molecule has 18 heavy (non-hydrogen) atoms. The molecule has 3 nitrogen and oxygen atoms in total. The minimum Gasteiger partial charge on any atom is -0.379 e. The Morgan fingerprint density at radius 1 is 0.944 bits per heavy atom. The highest BCUT2D eigenvalue weighted by Crippen LogP contribution is 2.44. The lowest BCUT2D eigenvalue weighted by atomic mass is 9.68. The molecule has 108 valence electrons. The van der Waals surface area contributed by atoms with E-state index in [2.05, 4.69) is 4.90 Å². The predicted molar refractivity (Wildman–Crippen MR) is 78.3 cm³/mol. The molecule has 0 amide bonds. The predicted octanol–water partition coefficient (Wildman–Crippen LogP) is 2.43. The average Bonchev–Trinajstić information content (AvgIpc) is 2.38. The highest BCUT2D eigenvalue weighted by molar-refractivity contribution is 5.85. The number of halogens is 1. The van der Waals surface area contributed by atoms with E-state index in [4.69, 9.17) is 10.5 Å². The molecule has 1 aliphatic carbocycles. The van der Waals surface area contributed by atoms with Gasteiger partial charge in [-0.2, -0.15) is 0 Å². The summed E-state index contributed by atoms with van der Waals surface area (Å²) in [6.07, 6.45) is 10.2. The summed E-state index contributed by atoms with van der Waals surface area (Å²) in [6, 6.07) is 0. The molecule has 1 saturated carbocycles. The van der Waals surface area contributed by atoms with Gasteiger partial charge in [-0.1, -0.05) is 19.3 Å². The van der Waals surface area contributed by atoms with Gasteiger partial charge < -0.3 is 15.4 Å². The van der Waals surface area contributed by atoms with Crippen molar-refractivity contribution in [2.45, 2.75) is 44.9 Å². The van der Waals surface area contributed by atoms with E-state index in [9.17, 15) is 0 Å². The molecule has 0 aromatic rings. The quantitative estimate of drug-likeness (QED) is 0.784. The first kappa shape index (κ1) is 16.2. The van der Waals surface area contributed by atoms with Crippen molar-refractivity contribution in [1.29, 1.82) is 0 Å². The molecule has 0 bridgehead atoms. The van der Waals surface area contributed by atoms with E-state index in [-0.39, 0.29) is 12.4 Å². The minimum absolute atomic E-state index is 0. The molecule has 1 heterocycles. The van der Waals surface area contributed by atoms with E-state index >= 15 is 0 Å². The second kappa shape index (κ2) is 8.36. The molecule has 4 heteroatoms. The van der Waals surface area contributed by atoms with Crippen LogP contribution in [-0.4, -0.2) is 44.3 Å². The van der Waals surface area contributed by atoms with Crippen LogP contribution in [0.3, 0.4) is 0 Å². The Hall–Kier alpha value is 0.170. The summed E-state index contributed by atoms with van der Waals surface area (Å²) in [5, 5.41) is 0. The summed E-state index contributed by atoms with van der Waals surface area (Å²) in [5.41, 5.74) is 6.13. The molecule has 2 N–H and O–H groups in total. The van der Waals surface area contributed by atoms with Gasteiger partial charge >= 0.3 is 0 Å². The maximum absolute atomic E-state index is 5.46. The summed E-state index contributed by atoms with van der Waals surface area (Å²) >= 11 is 0. The molecule has 2 fully saturated rings. The second-order valence-electron chi connectivity index (χ2n) is 5.80. The zero-order valence-corrected chi connectivity index (χ0v) is 12.3. The van der Waals surface area contributed by atoms with Gasteiger partial charge in [-0.15, -0.1) is 12.4 Å². The summed E-state index contributed by atoms with van der Waals surface area (Å²) in [5.74, 6) is 0. The lowest BCUT2D eigenvalue weighted by molar-refractivity contribution is 0.0452. The van der Waals surface area contributed by atoms with E-state index in [0.29, 0.717) is 13.2 Å². The topological polar surface area (TPSA) is 38.5 Å². The average molecular weight is 277 g/mol. The van der Waals surface area contributed by atoms with Gasteiger partial charge in [0.15, 0.2) is 0 Å². The van der Waals surface area contributed by atoms with Gasteiger partial charge in [-0.25, -0.2) is 0 Å².